The molecule has 5 nitrogen and oxygen atoms in total. The molecule has 1 aromatic heterocycles. The Morgan fingerprint density at radius 3 is 3.00 bits per heavy atom. The highest BCUT2D eigenvalue weighted by Crippen LogP contribution is 2.36. The van der Waals surface area contributed by atoms with Crippen molar-refractivity contribution in [1.29, 1.82) is 0 Å². The van der Waals surface area contributed by atoms with Gasteiger partial charge >= 0.3 is 0 Å². The fourth-order valence-electron chi connectivity index (χ4n) is 3.66. The van der Waals surface area contributed by atoms with E-state index >= 15 is 0 Å². The number of nitrogen functional groups attached to an aromatic ring is 1. The molecule has 3 N–H and O–H groups in total. The number of rotatable bonds is 3. The third kappa shape index (κ3) is 2.72. The molecule has 3 rings (SSSR count). The predicted octanol–water partition coefficient (Wildman–Crippen LogP) is 1.84. The smallest absolute Gasteiger partial charge is 0.145 e. The summed E-state index contributed by atoms with van der Waals surface area (Å²) in [5.41, 5.74) is 3.59. The van der Waals surface area contributed by atoms with Crippen LogP contribution in [-0.2, 0) is 6.54 Å². The largest absolute Gasteiger partial charge is 0.308 e. The highest BCUT2D eigenvalue weighted by molar-refractivity contribution is 5.33. The Bertz CT molecular complexity index is 447. The van der Waals surface area contributed by atoms with E-state index in [0.717, 1.165) is 30.0 Å². The highest BCUT2D eigenvalue weighted by Gasteiger charge is 2.35. The van der Waals surface area contributed by atoms with Gasteiger partial charge in [-0.05, 0) is 38.6 Å². The van der Waals surface area contributed by atoms with Crippen molar-refractivity contribution in [3.05, 3.63) is 17.6 Å². The third-order valence-electron chi connectivity index (χ3n) is 4.52. The number of nitrogens with one attached hydrogen (secondary N) is 1. The van der Waals surface area contributed by atoms with Gasteiger partial charge < -0.3 is 5.43 Å². The molecule has 1 aliphatic carbocycles. The van der Waals surface area contributed by atoms with E-state index in [1.807, 2.05) is 13.0 Å². The zero-order valence-corrected chi connectivity index (χ0v) is 11.6. The van der Waals surface area contributed by atoms with Crippen molar-refractivity contribution < 1.29 is 0 Å². The summed E-state index contributed by atoms with van der Waals surface area (Å²) in [5.74, 6) is 7.95. The molecule has 2 aliphatic rings. The molecule has 5 heteroatoms. The van der Waals surface area contributed by atoms with Gasteiger partial charge in [-0.25, -0.2) is 15.8 Å². The van der Waals surface area contributed by atoms with Crippen molar-refractivity contribution >= 4 is 5.82 Å². The van der Waals surface area contributed by atoms with Gasteiger partial charge in [0.2, 0.25) is 0 Å². The topological polar surface area (TPSA) is 67.1 Å². The Balaban J connectivity index is 1.72. The van der Waals surface area contributed by atoms with E-state index in [9.17, 15) is 0 Å². The first kappa shape index (κ1) is 12.8. The number of anilines is 1. The minimum atomic E-state index is 0.710. The first-order valence-corrected chi connectivity index (χ1v) is 7.31. The molecule has 0 radical (unpaired) electrons. The normalized spacial score (nSPS) is 27.3. The Hall–Kier alpha value is -1.20. The van der Waals surface area contributed by atoms with Gasteiger partial charge in [0, 0.05) is 17.8 Å². The first-order chi connectivity index (χ1) is 9.26. The molecule has 2 heterocycles. The van der Waals surface area contributed by atoms with Crippen LogP contribution in [-0.4, -0.2) is 27.5 Å². The Labute approximate surface area is 114 Å². The van der Waals surface area contributed by atoms with E-state index < -0.39 is 0 Å². The lowest BCUT2D eigenvalue weighted by Gasteiger charge is -2.31. The molecule has 0 aromatic carbocycles. The average Bonchev–Trinajstić information content (AvgIpc) is 2.82. The summed E-state index contributed by atoms with van der Waals surface area (Å²) in [6.07, 6.45) is 6.89. The van der Waals surface area contributed by atoms with Gasteiger partial charge in [0.05, 0.1) is 6.54 Å². The quantitative estimate of drug-likeness (QED) is 0.642. The van der Waals surface area contributed by atoms with Crippen LogP contribution in [0.15, 0.2) is 6.07 Å². The number of hydrogen-bond acceptors (Lipinski definition) is 5. The van der Waals surface area contributed by atoms with Gasteiger partial charge in [0.1, 0.15) is 11.6 Å². The molecule has 0 bridgehead atoms. The molecule has 2 fully saturated rings. The van der Waals surface area contributed by atoms with E-state index in [2.05, 4.69) is 20.3 Å². The summed E-state index contributed by atoms with van der Waals surface area (Å²) < 4.78 is 0. The molecule has 19 heavy (non-hydrogen) atoms. The predicted molar refractivity (Wildman–Crippen MR) is 75.4 cm³/mol. The Morgan fingerprint density at radius 2 is 2.16 bits per heavy atom. The summed E-state index contributed by atoms with van der Waals surface area (Å²) in [6.45, 7) is 4.04. The van der Waals surface area contributed by atoms with Gasteiger partial charge in [-0.15, -0.1) is 0 Å². The van der Waals surface area contributed by atoms with Crippen LogP contribution >= 0.6 is 0 Å². The van der Waals surface area contributed by atoms with Crippen molar-refractivity contribution in [3.63, 3.8) is 0 Å². The molecule has 1 saturated carbocycles. The number of hydrogen-bond donors (Lipinski definition) is 2. The van der Waals surface area contributed by atoms with E-state index in [1.54, 1.807) is 0 Å². The van der Waals surface area contributed by atoms with Gasteiger partial charge in [0.15, 0.2) is 0 Å². The molecule has 104 valence electrons. The number of fused-ring (bicyclic) bond motifs is 1. The maximum Gasteiger partial charge on any atom is 0.145 e. The maximum absolute atomic E-state index is 5.45. The second-order valence-corrected chi connectivity index (χ2v) is 5.83. The van der Waals surface area contributed by atoms with Crippen LogP contribution in [0.3, 0.4) is 0 Å². The number of aryl methyl sites for hydroxylation is 1. The first-order valence-electron chi connectivity index (χ1n) is 7.31. The maximum atomic E-state index is 5.45. The van der Waals surface area contributed by atoms with E-state index in [1.165, 1.54) is 38.6 Å². The summed E-state index contributed by atoms with van der Waals surface area (Å²) in [7, 11) is 0. The second kappa shape index (κ2) is 5.43. The molecular formula is C14H23N5. The van der Waals surface area contributed by atoms with Crippen LogP contribution in [0.4, 0.5) is 5.82 Å². The molecule has 1 aromatic rings. The Kier molecular flexibility index (Phi) is 3.66. The van der Waals surface area contributed by atoms with Gasteiger partial charge in [-0.3, -0.25) is 4.90 Å². The van der Waals surface area contributed by atoms with Gasteiger partial charge in [-0.1, -0.05) is 12.8 Å². The summed E-state index contributed by atoms with van der Waals surface area (Å²) in [4.78, 5) is 11.6. The van der Waals surface area contributed by atoms with E-state index in [-0.39, 0.29) is 0 Å². The lowest BCUT2D eigenvalue weighted by atomic mass is 9.85. The third-order valence-corrected chi connectivity index (χ3v) is 4.52. The van der Waals surface area contributed by atoms with Crippen LogP contribution in [0, 0.1) is 12.8 Å². The fourth-order valence-corrected chi connectivity index (χ4v) is 3.66. The molecular weight excluding hydrogens is 238 g/mol. The number of nitrogens with zero attached hydrogens (tertiary/aromatic N) is 3. The lowest BCUT2D eigenvalue weighted by molar-refractivity contribution is 0.172. The monoisotopic (exact) mass is 261 g/mol. The molecule has 1 saturated heterocycles. The molecule has 0 spiro atoms. The fraction of sp³-hybridized carbons (Fsp3) is 0.714. The molecule has 1 aliphatic heterocycles. The minimum absolute atomic E-state index is 0.710. The van der Waals surface area contributed by atoms with Crippen LogP contribution < -0.4 is 11.3 Å². The molecule has 2 unspecified atom stereocenters. The second-order valence-electron chi connectivity index (χ2n) is 5.83. The van der Waals surface area contributed by atoms with Crippen molar-refractivity contribution in [2.75, 3.05) is 12.0 Å². The van der Waals surface area contributed by atoms with Crippen molar-refractivity contribution in [3.8, 4) is 0 Å². The summed E-state index contributed by atoms with van der Waals surface area (Å²) >= 11 is 0. The standard InChI is InChI=1S/C14H23N5/c1-10-8-13(18-15)17-14(16-10)9-19-7-6-11-4-2-3-5-12(11)19/h8,11-12H,2-7,9,15H2,1H3,(H,16,17,18). The summed E-state index contributed by atoms with van der Waals surface area (Å²) in [5, 5.41) is 0. The van der Waals surface area contributed by atoms with E-state index in [0.29, 0.717) is 5.82 Å². The van der Waals surface area contributed by atoms with Crippen LogP contribution in [0.1, 0.15) is 43.6 Å². The highest BCUT2D eigenvalue weighted by atomic mass is 15.3. The molecule has 2 atom stereocenters. The SMILES string of the molecule is Cc1cc(NN)nc(CN2CCC3CCCCC32)n1. The zero-order chi connectivity index (χ0) is 13.2. The lowest BCUT2D eigenvalue weighted by Crippen LogP contribution is -2.34. The number of hydrazine groups is 1. The van der Waals surface area contributed by atoms with Gasteiger partial charge in [0.25, 0.3) is 0 Å². The Morgan fingerprint density at radius 1 is 1.32 bits per heavy atom. The minimum Gasteiger partial charge on any atom is -0.308 e. The zero-order valence-electron chi connectivity index (χ0n) is 11.6. The number of likely N-dealkylation sites (tertiary alicyclic amines) is 1. The van der Waals surface area contributed by atoms with Crippen molar-refractivity contribution in [2.24, 2.45) is 11.8 Å². The van der Waals surface area contributed by atoms with Crippen LogP contribution in [0.5, 0.6) is 0 Å². The van der Waals surface area contributed by atoms with E-state index in [4.69, 9.17) is 5.84 Å². The average molecular weight is 261 g/mol. The summed E-state index contributed by atoms with van der Waals surface area (Å²) in [6, 6.07) is 2.63. The number of aromatic nitrogens is 2. The van der Waals surface area contributed by atoms with Crippen LogP contribution in [0.2, 0.25) is 0 Å². The van der Waals surface area contributed by atoms with Crippen LogP contribution in [0.25, 0.3) is 0 Å². The number of nitrogens with two attached hydrogens (primary N) is 1. The van der Waals surface area contributed by atoms with Crippen molar-refractivity contribution in [2.45, 2.75) is 51.6 Å². The molecule has 0 amide bonds. The van der Waals surface area contributed by atoms with Gasteiger partial charge in [-0.2, -0.15) is 0 Å². The van der Waals surface area contributed by atoms with Crippen molar-refractivity contribution in [1.82, 2.24) is 14.9 Å².